The van der Waals surface area contributed by atoms with Crippen molar-refractivity contribution < 1.29 is 4.39 Å². The number of alkyl halides is 1. The molecule has 0 unspecified atom stereocenters. The first-order chi connectivity index (χ1) is 10.0. The molecular formula is C14H7BrCl3FN2. The van der Waals surface area contributed by atoms with Gasteiger partial charge >= 0.3 is 0 Å². The maximum atomic E-state index is 13.5. The van der Waals surface area contributed by atoms with Crippen LogP contribution in [0.15, 0.2) is 34.8 Å². The number of halogens is 5. The number of fused-ring (bicyclic) bond motifs is 1. The van der Waals surface area contributed by atoms with E-state index >= 15 is 0 Å². The number of benzene rings is 2. The summed E-state index contributed by atoms with van der Waals surface area (Å²) in [6.45, 7) is 0. The second kappa shape index (κ2) is 5.76. The maximum Gasteiger partial charge on any atom is 0.129 e. The Kier molecular flexibility index (Phi) is 4.14. The predicted molar refractivity (Wildman–Crippen MR) is 88.3 cm³/mol. The molecule has 3 rings (SSSR count). The maximum absolute atomic E-state index is 13.5. The van der Waals surface area contributed by atoms with Gasteiger partial charge in [0, 0.05) is 10.5 Å². The van der Waals surface area contributed by atoms with Crippen molar-refractivity contribution in [1.29, 1.82) is 0 Å². The van der Waals surface area contributed by atoms with Crippen LogP contribution in [0.3, 0.4) is 0 Å². The second-order valence-electron chi connectivity index (χ2n) is 4.32. The van der Waals surface area contributed by atoms with Crippen molar-refractivity contribution in [2.75, 3.05) is 0 Å². The summed E-state index contributed by atoms with van der Waals surface area (Å²) in [7, 11) is 0. The number of hydrogen-bond donors (Lipinski definition) is 0. The topological polar surface area (TPSA) is 17.8 Å². The first-order valence-electron chi connectivity index (χ1n) is 5.89. The molecule has 0 amide bonds. The van der Waals surface area contributed by atoms with Crippen LogP contribution in [0.25, 0.3) is 16.7 Å². The van der Waals surface area contributed by atoms with Gasteiger partial charge in [0.25, 0.3) is 0 Å². The SMILES string of the molecule is Fc1ccc2nc(CCl)n(-c3ccc(Br)c(Cl)c3Cl)c2c1. The third kappa shape index (κ3) is 2.55. The highest BCUT2D eigenvalue weighted by atomic mass is 79.9. The van der Waals surface area contributed by atoms with Crippen molar-refractivity contribution in [3.05, 3.63) is 56.5 Å². The Labute approximate surface area is 143 Å². The van der Waals surface area contributed by atoms with Gasteiger partial charge in [-0.2, -0.15) is 0 Å². The summed E-state index contributed by atoms with van der Waals surface area (Å²) >= 11 is 21.7. The van der Waals surface area contributed by atoms with Crippen LogP contribution in [0.5, 0.6) is 0 Å². The zero-order valence-corrected chi connectivity index (χ0v) is 14.2. The number of nitrogens with zero attached hydrogens (tertiary/aromatic N) is 2. The molecule has 3 aromatic rings. The van der Waals surface area contributed by atoms with Crippen LogP contribution in [0.1, 0.15) is 5.82 Å². The van der Waals surface area contributed by atoms with Crippen LogP contribution in [-0.4, -0.2) is 9.55 Å². The average Bonchev–Trinajstić information content (AvgIpc) is 2.83. The van der Waals surface area contributed by atoms with Crippen molar-refractivity contribution in [2.45, 2.75) is 5.88 Å². The third-order valence-corrected chi connectivity index (χ3v) is 5.06. The highest BCUT2D eigenvalue weighted by Crippen LogP contribution is 2.37. The molecule has 0 aliphatic heterocycles. The van der Waals surface area contributed by atoms with Crippen molar-refractivity contribution in [3.8, 4) is 5.69 Å². The standard InChI is InChI=1S/C14H7BrCl3FN2/c15-8-2-4-10(14(18)13(8)17)21-11-5-7(19)1-3-9(11)20-12(21)6-16/h1-5H,6H2. The van der Waals surface area contributed by atoms with E-state index in [1.807, 2.05) is 0 Å². The Morgan fingerprint density at radius 2 is 1.90 bits per heavy atom. The van der Waals surface area contributed by atoms with E-state index in [1.54, 1.807) is 22.8 Å². The molecule has 0 saturated heterocycles. The van der Waals surface area contributed by atoms with Gasteiger partial charge in [-0.05, 0) is 40.2 Å². The van der Waals surface area contributed by atoms with E-state index in [0.717, 1.165) is 0 Å². The number of aromatic nitrogens is 2. The Bertz CT molecular complexity index is 848. The van der Waals surface area contributed by atoms with Gasteiger partial charge in [0.1, 0.15) is 11.6 Å². The Morgan fingerprint density at radius 1 is 1.14 bits per heavy atom. The molecule has 1 heterocycles. The summed E-state index contributed by atoms with van der Waals surface area (Å²) in [6, 6.07) is 7.90. The molecule has 0 radical (unpaired) electrons. The second-order valence-corrected chi connectivity index (χ2v) is 6.20. The molecule has 108 valence electrons. The van der Waals surface area contributed by atoms with E-state index in [1.165, 1.54) is 12.1 Å². The molecule has 7 heteroatoms. The predicted octanol–water partition coefficient (Wildman–Crippen LogP) is 5.97. The number of hydrogen-bond acceptors (Lipinski definition) is 1. The molecule has 0 aliphatic carbocycles. The summed E-state index contributed by atoms with van der Waals surface area (Å²) in [4.78, 5) is 4.39. The van der Waals surface area contributed by atoms with Crippen LogP contribution < -0.4 is 0 Å². The lowest BCUT2D eigenvalue weighted by Gasteiger charge is -2.12. The lowest BCUT2D eigenvalue weighted by molar-refractivity contribution is 0.629. The first-order valence-corrected chi connectivity index (χ1v) is 7.98. The molecule has 0 atom stereocenters. The van der Waals surface area contributed by atoms with Gasteiger partial charge < -0.3 is 0 Å². The van der Waals surface area contributed by atoms with Gasteiger partial charge in [0.15, 0.2) is 0 Å². The molecule has 0 aliphatic rings. The lowest BCUT2D eigenvalue weighted by Crippen LogP contribution is -2.00. The smallest absolute Gasteiger partial charge is 0.129 e. The molecule has 0 spiro atoms. The van der Waals surface area contributed by atoms with Crippen LogP contribution in [0.4, 0.5) is 4.39 Å². The van der Waals surface area contributed by atoms with Gasteiger partial charge in [-0.25, -0.2) is 9.37 Å². The molecule has 2 aromatic carbocycles. The number of imidazole rings is 1. The van der Waals surface area contributed by atoms with E-state index in [2.05, 4.69) is 20.9 Å². The van der Waals surface area contributed by atoms with Crippen LogP contribution >= 0.6 is 50.7 Å². The summed E-state index contributed by atoms with van der Waals surface area (Å²) in [5, 5.41) is 0.730. The van der Waals surface area contributed by atoms with E-state index in [9.17, 15) is 4.39 Å². The lowest BCUT2D eigenvalue weighted by atomic mass is 10.2. The summed E-state index contributed by atoms with van der Waals surface area (Å²) in [5.41, 5.74) is 1.83. The highest BCUT2D eigenvalue weighted by Gasteiger charge is 2.17. The third-order valence-electron chi connectivity index (χ3n) is 3.06. The molecule has 1 aromatic heterocycles. The van der Waals surface area contributed by atoms with Crippen molar-refractivity contribution in [3.63, 3.8) is 0 Å². The molecular weight excluding hydrogens is 401 g/mol. The first kappa shape index (κ1) is 15.1. The summed E-state index contributed by atoms with van der Waals surface area (Å²) < 4.78 is 15.9. The average molecular weight is 408 g/mol. The summed E-state index contributed by atoms with van der Waals surface area (Å²) in [5.74, 6) is 0.377. The quantitative estimate of drug-likeness (QED) is 0.377. The monoisotopic (exact) mass is 406 g/mol. The Morgan fingerprint density at radius 3 is 2.62 bits per heavy atom. The zero-order valence-electron chi connectivity index (χ0n) is 10.4. The molecule has 2 nitrogen and oxygen atoms in total. The Hall–Kier alpha value is -0.810. The molecule has 0 fully saturated rings. The van der Waals surface area contributed by atoms with E-state index in [-0.39, 0.29) is 11.7 Å². The van der Waals surface area contributed by atoms with Crippen LogP contribution in [-0.2, 0) is 5.88 Å². The minimum atomic E-state index is -0.357. The fourth-order valence-electron chi connectivity index (χ4n) is 2.15. The van der Waals surface area contributed by atoms with Crippen molar-refractivity contribution in [2.24, 2.45) is 0 Å². The molecule has 21 heavy (non-hydrogen) atoms. The van der Waals surface area contributed by atoms with Gasteiger partial charge in [0.05, 0.1) is 32.6 Å². The number of rotatable bonds is 2. The minimum absolute atomic E-state index is 0.167. The van der Waals surface area contributed by atoms with Gasteiger partial charge in [-0.1, -0.05) is 23.2 Å². The Balaban J connectivity index is 2.38. The van der Waals surface area contributed by atoms with Crippen LogP contribution in [0, 0.1) is 5.82 Å². The van der Waals surface area contributed by atoms with Gasteiger partial charge in [-0.3, -0.25) is 4.57 Å². The van der Waals surface area contributed by atoms with E-state index < -0.39 is 0 Å². The molecule has 0 bridgehead atoms. The van der Waals surface area contributed by atoms with Crippen molar-refractivity contribution >= 4 is 61.8 Å². The van der Waals surface area contributed by atoms with E-state index in [0.29, 0.717) is 37.1 Å². The fourth-order valence-corrected chi connectivity index (χ4v) is 3.18. The normalized spacial score (nSPS) is 11.3. The molecule has 0 saturated carbocycles. The molecule has 0 N–H and O–H groups in total. The summed E-state index contributed by atoms with van der Waals surface area (Å²) in [6.07, 6.45) is 0. The van der Waals surface area contributed by atoms with Crippen molar-refractivity contribution in [1.82, 2.24) is 9.55 Å². The largest absolute Gasteiger partial charge is 0.294 e. The zero-order chi connectivity index (χ0) is 15.1. The van der Waals surface area contributed by atoms with Crippen LogP contribution in [0.2, 0.25) is 10.0 Å². The fraction of sp³-hybridized carbons (Fsp3) is 0.0714. The van der Waals surface area contributed by atoms with Gasteiger partial charge in [0.2, 0.25) is 0 Å². The van der Waals surface area contributed by atoms with Gasteiger partial charge in [-0.15, -0.1) is 11.6 Å². The minimum Gasteiger partial charge on any atom is -0.294 e. The van der Waals surface area contributed by atoms with E-state index in [4.69, 9.17) is 34.8 Å². The highest BCUT2D eigenvalue weighted by molar-refractivity contribution is 9.10.